The number of alkyl halides is 2. The van der Waals surface area contributed by atoms with Gasteiger partial charge in [-0.3, -0.25) is 9.89 Å². The molecule has 0 saturated carbocycles. The summed E-state index contributed by atoms with van der Waals surface area (Å²) >= 11 is 0. The Kier molecular flexibility index (Phi) is 4.29. The van der Waals surface area contributed by atoms with E-state index in [1.807, 2.05) is 0 Å². The summed E-state index contributed by atoms with van der Waals surface area (Å²) in [6.07, 6.45) is -2.66. The van der Waals surface area contributed by atoms with Gasteiger partial charge < -0.3 is 10.0 Å². The highest BCUT2D eigenvalue weighted by Crippen LogP contribution is 2.03. The van der Waals surface area contributed by atoms with E-state index in [1.54, 1.807) is 6.92 Å². The number of aliphatic hydroxyl groups excluding tert-OH is 1. The van der Waals surface area contributed by atoms with Crippen LogP contribution < -0.4 is 0 Å². The van der Waals surface area contributed by atoms with E-state index in [0.717, 1.165) is 4.90 Å². The molecule has 0 fully saturated rings. The summed E-state index contributed by atoms with van der Waals surface area (Å²) in [7, 11) is 0. The zero-order valence-electron chi connectivity index (χ0n) is 8.65. The van der Waals surface area contributed by atoms with Crippen LogP contribution in [0.25, 0.3) is 0 Å². The fourth-order valence-electron chi connectivity index (χ4n) is 1.14. The number of aliphatic hydroxyl groups is 1. The van der Waals surface area contributed by atoms with Gasteiger partial charge in [-0.1, -0.05) is 0 Å². The first-order valence-electron chi connectivity index (χ1n) is 4.62. The Balaban J connectivity index is 2.74. The number of nitrogens with zero attached hydrogens (tertiary/aromatic N) is 3. The molecule has 0 spiro atoms. The number of halogens is 2. The van der Waals surface area contributed by atoms with Crippen molar-refractivity contribution in [2.45, 2.75) is 13.3 Å². The van der Waals surface area contributed by atoms with E-state index in [-0.39, 0.29) is 19.0 Å². The third-order valence-corrected chi connectivity index (χ3v) is 1.80. The minimum Gasteiger partial charge on any atom is -0.395 e. The number of rotatable bonds is 5. The molecule has 1 amide bonds. The molecule has 1 aromatic rings. The molecule has 0 bridgehead atoms. The normalized spacial score (nSPS) is 10.8. The van der Waals surface area contributed by atoms with Crippen LogP contribution in [-0.4, -0.2) is 57.2 Å². The number of carbonyl (C=O) groups is 1. The largest absolute Gasteiger partial charge is 0.395 e. The maximum atomic E-state index is 12.2. The molecular formula is C8H12F2N4O2. The monoisotopic (exact) mass is 234 g/mol. The number of hydrogen-bond donors (Lipinski definition) is 2. The molecule has 1 aromatic heterocycles. The van der Waals surface area contributed by atoms with Gasteiger partial charge in [0.1, 0.15) is 5.82 Å². The highest BCUT2D eigenvalue weighted by Gasteiger charge is 2.22. The van der Waals surface area contributed by atoms with Crippen LogP contribution in [0.2, 0.25) is 0 Å². The van der Waals surface area contributed by atoms with E-state index in [1.165, 1.54) is 0 Å². The van der Waals surface area contributed by atoms with Crippen LogP contribution in [0.5, 0.6) is 0 Å². The standard InChI is InChI=1S/C8H12F2N4O2/c1-5-11-7(13-12-5)8(16)14(2-3-15)4-6(9)10/h6,15H,2-4H2,1H3,(H,11,12,13). The van der Waals surface area contributed by atoms with Gasteiger partial charge in [0.15, 0.2) is 0 Å². The summed E-state index contributed by atoms with van der Waals surface area (Å²) in [5.41, 5.74) is 0. The van der Waals surface area contributed by atoms with Crippen molar-refractivity contribution in [3.05, 3.63) is 11.6 Å². The number of aryl methyl sites for hydroxylation is 1. The van der Waals surface area contributed by atoms with Gasteiger partial charge in [-0.05, 0) is 6.92 Å². The smallest absolute Gasteiger partial charge is 0.293 e. The first-order valence-corrected chi connectivity index (χ1v) is 4.62. The molecule has 0 radical (unpaired) electrons. The van der Waals surface area contributed by atoms with Crippen molar-refractivity contribution in [2.75, 3.05) is 19.7 Å². The molecule has 0 aliphatic rings. The number of hydrogen-bond acceptors (Lipinski definition) is 4. The van der Waals surface area contributed by atoms with Crippen LogP contribution in [0.3, 0.4) is 0 Å². The number of nitrogens with one attached hydrogen (secondary N) is 1. The molecule has 1 rings (SSSR count). The fraction of sp³-hybridized carbons (Fsp3) is 0.625. The molecule has 0 aromatic carbocycles. The van der Waals surface area contributed by atoms with Crippen molar-refractivity contribution in [1.29, 1.82) is 0 Å². The predicted octanol–water partition coefficient (Wildman–Crippen LogP) is -0.187. The van der Waals surface area contributed by atoms with E-state index >= 15 is 0 Å². The molecular weight excluding hydrogens is 222 g/mol. The number of amides is 1. The van der Waals surface area contributed by atoms with Crippen LogP contribution >= 0.6 is 0 Å². The van der Waals surface area contributed by atoms with Crippen LogP contribution in [0.4, 0.5) is 8.78 Å². The topological polar surface area (TPSA) is 82.1 Å². The molecule has 0 aliphatic carbocycles. The number of carbonyl (C=O) groups excluding carboxylic acids is 1. The first-order chi connectivity index (χ1) is 7.54. The lowest BCUT2D eigenvalue weighted by molar-refractivity contribution is 0.0499. The highest BCUT2D eigenvalue weighted by molar-refractivity contribution is 5.90. The molecule has 90 valence electrons. The fourth-order valence-corrected chi connectivity index (χ4v) is 1.14. The van der Waals surface area contributed by atoms with Crippen LogP contribution in [0, 0.1) is 6.92 Å². The molecule has 6 nitrogen and oxygen atoms in total. The Morgan fingerprint density at radius 3 is 2.75 bits per heavy atom. The second-order valence-corrected chi connectivity index (χ2v) is 3.11. The second kappa shape index (κ2) is 5.50. The Morgan fingerprint density at radius 2 is 2.31 bits per heavy atom. The molecule has 1 heterocycles. The summed E-state index contributed by atoms with van der Waals surface area (Å²) in [5.74, 6) is -0.477. The Hall–Kier alpha value is -1.57. The molecule has 0 saturated heterocycles. The lowest BCUT2D eigenvalue weighted by Gasteiger charge is -2.19. The summed E-state index contributed by atoms with van der Waals surface area (Å²) in [5, 5.41) is 14.7. The van der Waals surface area contributed by atoms with Crippen molar-refractivity contribution in [1.82, 2.24) is 20.1 Å². The van der Waals surface area contributed by atoms with Crippen molar-refractivity contribution in [3.8, 4) is 0 Å². The number of aromatic amines is 1. The quantitative estimate of drug-likeness (QED) is 0.740. The zero-order chi connectivity index (χ0) is 12.1. The van der Waals surface area contributed by atoms with Gasteiger partial charge in [0.2, 0.25) is 5.82 Å². The third kappa shape index (κ3) is 3.23. The molecule has 0 atom stereocenters. The molecule has 2 N–H and O–H groups in total. The Bertz CT molecular complexity index is 356. The lowest BCUT2D eigenvalue weighted by Crippen LogP contribution is -2.37. The van der Waals surface area contributed by atoms with E-state index < -0.39 is 18.9 Å². The molecule has 0 unspecified atom stereocenters. The van der Waals surface area contributed by atoms with Crippen LogP contribution in [0.1, 0.15) is 16.4 Å². The second-order valence-electron chi connectivity index (χ2n) is 3.11. The first kappa shape index (κ1) is 12.5. The van der Waals surface area contributed by atoms with Gasteiger partial charge in [-0.2, -0.15) is 0 Å². The highest BCUT2D eigenvalue weighted by atomic mass is 19.3. The minimum atomic E-state index is -2.66. The van der Waals surface area contributed by atoms with Gasteiger partial charge >= 0.3 is 0 Å². The van der Waals surface area contributed by atoms with E-state index in [9.17, 15) is 13.6 Å². The molecule has 16 heavy (non-hydrogen) atoms. The molecule has 8 heteroatoms. The van der Waals surface area contributed by atoms with Gasteiger partial charge in [0, 0.05) is 6.54 Å². The van der Waals surface area contributed by atoms with Crippen molar-refractivity contribution in [2.24, 2.45) is 0 Å². The maximum absolute atomic E-state index is 12.2. The van der Waals surface area contributed by atoms with Crippen LogP contribution in [-0.2, 0) is 0 Å². The zero-order valence-corrected chi connectivity index (χ0v) is 8.65. The van der Waals surface area contributed by atoms with E-state index in [0.29, 0.717) is 5.82 Å². The number of H-pyrrole nitrogens is 1. The summed E-state index contributed by atoms with van der Waals surface area (Å²) < 4.78 is 24.3. The Labute approximate surface area is 90.3 Å². The van der Waals surface area contributed by atoms with Gasteiger partial charge in [-0.25, -0.2) is 13.8 Å². The molecule has 0 aliphatic heterocycles. The van der Waals surface area contributed by atoms with Gasteiger partial charge in [-0.15, -0.1) is 5.10 Å². The summed E-state index contributed by atoms with van der Waals surface area (Å²) in [4.78, 5) is 16.2. The minimum absolute atomic E-state index is 0.170. The number of aromatic nitrogens is 3. The maximum Gasteiger partial charge on any atom is 0.293 e. The lowest BCUT2D eigenvalue weighted by atomic mass is 10.4. The van der Waals surface area contributed by atoms with Crippen molar-refractivity contribution < 1.29 is 18.7 Å². The van der Waals surface area contributed by atoms with Crippen molar-refractivity contribution in [3.63, 3.8) is 0 Å². The average molecular weight is 234 g/mol. The van der Waals surface area contributed by atoms with Gasteiger partial charge in [0.05, 0.1) is 13.2 Å². The van der Waals surface area contributed by atoms with Gasteiger partial charge in [0.25, 0.3) is 12.3 Å². The van der Waals surface area contributed by atoms with E-state index in [2.05, 4.69) is 15.2 Å². The van der Waals surface area contributed by atoms with Crippen LogP contribution in [0.15, 0.2) is 0 Å². The third-order valence-electron chi connectivity index (χ3n) is 1.80. The SMILES string of the molecule is Cc1nc(C(=O)N(CCO)CC(F)F)n[nH]1. The van der Waals surface area contributed by atoms with Crippen molar-refractivity contribution >= 4 is 5.91 Å². The average Bonchev–Trinajstić information content (AvgIpc) is 2.62. The Morgan fingerprint density at radius 1 is 1.62 bits per heavy atom. The van der Waals surface area contributed by atoms with E-state index in [4.69, 9.17) is 5.11 Å². The summed E-state index contributed by atoms with van der Waals surface area (Å²) in [6, 6.07) is 0. The summed E-state index contributed by atoms with van der Waals surface area (Å²) in [6.45, 7) is 0.291. The predicted molar refractivity (Wildman–Crippen MR) is 50.1 cm³/mol.